The molecule has 4 heteroatoms. The fourth-order valence-electron chi connectivity index (χ4n) is 1.95. The first kappa shape index (κ1) is 15.1. The third-order valence-electron chi connectivity index (χ3n) is 3.03. The van der Waals surface area contributed by atoms with E-state index in [0.29, 0.717) is 0 Å². The molecule has 0 spiro atoms. The highest BCUT2D eigenvalue weighted by atomic mass is 35.5. The highest BCUT2D eigenvalue weighted by molar-refractivity contribution is 8.01. The van der Waals surface area contributed by atoms with Gasteiger partial charge in [-0.1, -0.05) is 56.5 Å². The summed E-state index contributed by atoms with van der Waals surface area (Å²) in [7, 11) is 0. The Kier molecular flexibility index (Phi) is 6.48. The molecule has 19 heavy (non-hydrogen) atoms. The van der Waals surface area contributed by atoms with Crippen LogP contribution in [0.1, 0.15) is 39.0 Å². The zero-order valence-corrected chi connectivity index (χ0v) is 13.7. The lowest BCUT2D eigenvalue weighted by Crippen LogP contribution is -2.01. The molecule has 2 aromatic rings. The number of fused-ring (bicyclic) bond motifs is 1. The Morgan fingerprint density at radius 1 is 1.26 bits per heavy atom. The first-order valence-corrected chi connectivity index (χ1v) is 9.16. The third kappa shape index (κ3) is 4.97. The lowest BCUT2D eigenvalue weighted by Gasteiger charge is -2.07. The van der Waals surface area contributed by atoms with E-state index in [1.54, 1.807) is 23.1 Å². The number of alkyl halides is 1. The van der Waals surface area contributed by atoms with Gasteiger partial charge in [0.15, 0.2) is 4.34 Å². The maximum atomic E-state index is 6.36. The summed E-state index contributed by atoms with van der Waals surface area (Å²) >= 11 is 9.92. The molecule has 1 unspecified atom stereocenters. The Bertz CT molecular complexity index is 465. The predicted octanol–water partition coefficient (Wildman–Crippen LogP) is 5.97. The van der Waals surface area contributed by atoms with Gasteiger partial charge in [0.2, 0.25) is 0 Å². The molecule has 0 aliphatic rings. The van der Waals surface area contributed by atoms with E-state index in [4.69, 9.17) is 11.6 Å². The molecule has 0 radical (unpaired) electrons. The maximum Gasteiger partial charge on any atom is 0.151 e. The Hall–Kier alpha value is -0.250. The summed E-state index contributed by atoms with van der Waals surface area (Å²) in [6.45, 7) is 2.24. The maximum absolute atomic E-state index is 6.36. The quantitative estimate of drug-likeness (QED) is 0.338. The van der Waals surface area contributed by atoms with Crippen LogP contribution in [0.3, 0.4) is 0 Å². The molecule has 104 valence electrons. The summed E-state index contributed by atoms with van der Waals surface area (Å²) in [5.74, 6) is 0.966. The van der Waals surface area contributed by atoms with Crippen LogP contribution in [0.2, 0.25) is 0 Å². The standard InChI is InChI=1S/C15H20ClNS2/c1-2-3-4-5-8-12(16)11-18-15-17-13-9-6-7-10-14(13)19-15/h6-7,9-10,12H,2-5,8,11H2,1H3. The Balaban J connectivity index is 1.75. The normalized spacial score (nSPS) is 12.9. The van der Waals surface area contributed by atoms with Gasteiger partial charge in [-0.25, -0.2) is 4.98 Å². The van der Waals surface area contributed by atoms with Crippen molar-refractivity contribution in [3.05, 3.63) is 24.3 Å². The Labute approximate surface area is 128 Å². The van der Waals surface area contributed by atoms with E-state index in [2.05, 4.69) is 30.1 Å². The second-order valence-electron chi connectivity index (χ2n) is 4.71. The molecule has 0 fully saturated rings. The number of rotatable bonds is 8. The zero-order valence-electron chi connectivity index (χ0n) is 11.3. The molecule has 1 heterocycles. The molecule has 1 nitrogen and oxygen atoms in total. The molecule has 0 bridgehead atoms. The summed E-state index contributed by atoms with van der Waals surface area (Å²) in [5.41, 5.74) is 1.10. The van der Waals surface area contributed by atoms with Crippen molar-refractivity contribution in [2.45, 2.75) is 48.7 Å². The molecule has 1 aromatic carbocycles. The van der Waals surface area contributed by atoms with Crippen molar-refractivity contribution < 1.29 is 0 Å². The summed E-state index contributed by atoms with van der Waals surface area (Å²) in [4.78, 5) is 4.62. The van der Waals surface area contributed by atoms with Crippen molar-refractivity contribution in [1.29, 1.82) is 0 Å². The minimum atomic E-state index is 0.272. The van der Waals surface area contributed by atoms with Gasteiger partial charge < -0.3 is 0 Å². The SMILES string of the molecule is CCCCCCC(Cl)CSc1nc2ccccc2s1. The minimum absolute atomic E-state index is 0.272. The van der Waals surface area contributed by atoms with Gasteiger partial charge in [-0.15, -0.1) is 22.9 Å². The van der Waals surface area contributed by atoms with Crippen LogP contribution < -0.4 is 0 Å². The molecule has 0 saturated carbocycles. The summed E-state index contributed by atoms with van der Waals surface area (Å²) < 4.78 is 2.40. The van der Waals surface area contributed by atoms with Crippen molar-refractivity contribution in [3.8, 4) is 0 Å². The third-order valence-corrected chi connectivity index (χ3v) is 5.93. The van der Waals surface area contributed by atoms with Gasteiger partial charge in [0.1, 0.15) is 0 Å². The van der Waals surface area contributed by atoms with Gasteiger partial charge >= 0.3 is 0 Å². The number of aromatic nitrogens is 1. The lowest BCUT2D eigenvalue weighted by molar-refractivity contribution is 0.630. The number of halogens is 1. The van der Waals surface area contributed by atoms with Gasteiger partial charge in [-0.3, -0.25) is 0 Å². The van der Waals surface area contributed by atoms with E-state index in [0.717, 1.165) is 22.0 Å². The van der Waals surface area contributed by atoms with Crippen LogP contribution in [0.25, 0.3) is 10.2 Å². The van der Waals surface area contributed by atoms with Gasteiger partial charge in [-0.2, -0.15) is 0 Å². The molecular formula is C15H20ClNS2. The molecule has 0 N–H and O–H groups in total. The predicted molar refractivity (Wildman–Crippen MR) is 88.7 cm³/mol. The van der Waals surface area contributed by atoms with Crippen LogP contribution in [-0.4, -0.2) is 16.1 Å². The molecule has 1 aromatic heterocycles. The number of para-hydroxylation sites is 1. The van der Waals surface area contributed by atoms with Gasteiger partial charge in [0.05, 0.1) is 10.2 Å². The number of thiazole rings is 1. The van der Waals surface area contributed by atoms with Gasteiger partial charge in [0.25, 0.3) is 0 Å². The number of hydrogen-bond donors (Lipinski definition) is 0. The Morgan fingerprint density at radius 3 is 2.89 bits per heavy atom. The molecule has 0 amide bonds. The smallest absolute Gasteiger partial charge is 0.151 e. The first-order valence-electron chi connectivity index (χ1n) is 6.92. The second-order valence-corrected chi connectivity index (χ2v) is 7.62. The highest BCUT2D eigenvalue weighted by Gasteiger charge is 2.08. The monoisotopic (exact) mass is 313 g/mol. The number of benzene rings is 1. The fraction of sp³-hybridized carbons (Fsp3) is 0.533. The van der Waals surface area contributed by atoms with Crippen molar-refractivity contribution >= 4 is 44.9 Å². The van der Waals surface area contributed by atoms with Gasteiger partial charge in [-0.05, 0) is 18.6 Å². The van der Waals surface area contributed by atoms with Crippen LogP contribution in [-0.2, 0) is 0 Å². The van der Waals surface area contributed by atoms with Crippen LogP contribution in [0.5, 0.6) is 0 Å². The summed E-state index contributed by atoms with van der Waals surface area (Å²) in [6, 6.07) is 8.29. The van der Waals surface area contributed by atoms with Crippen molar-refractivity contribution in [1.82, 2.24) is 4.98 Å². The second kappa shape index (κ2) is 8.13. The Morgan fingerprint density at radius 2 is 2.11 bits per heavy atom. The van der Waals surface area contributed by atoms with Crippen molar-refractivity contribution in [2.24, 2.45) is 0 Å². The minimum Gasteiger partial charge on any atom is -0.230 e. The van der Waals surface area contributed by atoms with E-state index < -0.39 is 0 Å². The average molecular weight is 314 g/mol. The van der Waals surface area contributed by atoms with Gasteiger partial charge in [0, 0.05) is 11.1 Å². The summed E-state index contributed by atoms with van der Waals surface area (Å²) in [6.07, 6.45) is 6.30. The largest absolute Gasteiger partial charge is 0.230 e. The molecule has 2 rings (SSSR count). The zero-order chi connectivity index (χ0) is 13.5. The van der Waals surface area contributed by atoms with Crippen molar-refractivity contribution in [2.75, 3.05) is 5.75 Å². The number of thioether (sulfide) groups is 1. The van der Waals surface area contributed by atoms with Crippen LogP contribution in [0, 0.1) is 0 Å². The topological polar surface area (TPSA) is 12.9 Å². The van der Waals surface area contributed by atoms with E-state index in [9.17, 15) is 0 Å². The first-order chi connectivity index (χ1) is 9.29. The van der Waals surface area contributed by atoms with E-state index in [-0.39, 0.29) is 5.38 Å². The molecule has 0 aliphatic heterocycles. The number of unbranched alkanes of at least 4 members (excludes halogenated alkanes) is 3. The van der Waals surface area contributed by atoms with E-state index in [1.165, 1.54) is 30.4 Å². The van der Waals surface area contributed by atoms with Crippen LogP contribution >= 0.6 is 34.7 Å². The average Bonchev–Trinajstić information content (AvgIpc) is 2.84. The lowest BCUT2D eigenvalue weighted by atomic mass is 10.1. The molecule has 1 atom stereocenters. The van der Waals surface area contributed by atoms with E-state index >= 15 is 0 Å². The summed E-state index contributed by atoms with van der Waals surface area (Å²) in [5, 5.41) is 0.272. The molecule has 0 aliphatic carbocycles. The number of nitrogens with zero attached hydrogens (tertiary/aromatic N) is 1. The number of hydrogen-bond acceptors (Lipinski definition) is 3. The fourth-order valence-corrected chi connectivity index (χ4v) is 4.35. The van der Waals surface area contributed by atoms with Crippen molar-refractivity contribution in [3.63, 3.8) is 0 Å². The molecule has 0 saturated heterocycles. The molecular weight excluding hydrogens is 294 g/mol. The highest BCUT2D eigenvalue weighted by Crippen LogP contribution is 2.30. The van der Waals surface area contributed by atoms with Crippen LogP contribution in [0.4, 0.5) is 0 Å². The van der Waals surface area contributed by atoms with Crippen LogP contribution in [0.15, 0.2) is 28.6 Å². The van der Waals surface area contributed by atoms with E-state index in [1.807, 2.05) is 6.07 Å².